The van der Waals surface area contributed by atoms with Crippen LogP contribution in [0.3, 0.4) is 0 Å². The smallest absolute Gasteiger partial charge is 0.328 e. The summed E-state index contributed by atoms with van der Waals surface area (Å²) >= 11 is 5.82. The van der Waals surface area contributed by atoms with Crippen LogP contribution < -0.4 is 4.74 Å². The second kappa shape index (κ2) is 6.85. The summed E-state index contributed by atoms with van der Waals surface area (Å²) in [6.45, 7) is 0.114. The van der Waals surface area contributed by atoms with Crippen molar-refractivity contribution in [3.8, 4) is 5.75 Å². The van der Waals surface area contributed by atoms with Crippen LogP contribution in [0.2, 0.25) is 5.02 Å². The van der Waals surface area contributed by atoms with Crippen LogP contribution in [0, 0.1) is 5.82 Å². The topological polar surface area (TPSA) is 59.4 Å². The van der Waals surface area contributed by atoms with E-state index in [1.165, 1.54) is 18.3 Å². The Hall–Kier alpha value is -2.40. The molecule has 0 unspecified atom stereocenters. The molecule has 21 heavy (non-hydrogen) atoms. The molecular weight excluding hydrogens is 297 g/mol. The number of benzene rings is 1. The lowest BCUT2D eigenvalue weighted by molar-refractivity contribution is -0.131. The highest BCUT2D eigenvalue weighted by molar-refractivity contribution is 6.31. The average molecular weight is 308 g/mol. The van der Waals surface area contributed by atoms with Crippen molar-refractivity contribution in [3.05, 3.63) is 64.7 Å². The highest BCUT2D eigenvalue weighted by atomic mass is 35.5. The van der Waals surface area contributed by atoms with Crippen LogP contribution in [0.15, 0.2) is 42.6 Å². The fourth-order valence-electron chi connectivity index (χ4n) is 1.55. The Morgan fingerprint density at radius 3 is 2.86 bits per heavy atom. The molecule has 1 N–H and O–H groups in total. The lowest BCUT2D eigenvalue weighted by atomic mass is 10.2. The van der Waals surface area contributed by atoms with Gasteiger partial charge in [0.05, 0.1) is 16.9 Å². The molecule has 0 aliphatic carbocycles. The van der Waals surface area contributed by atoms with Crippen LogP contribution in [0.4, 0.5) is 4.39 Å². The minimum Gasteiger partial charge on any atom is -0.487 e. The number of hydrogen-bond donors (Lipinski definition) is 1. The van der Waals surface area contributed by atoms with E-state index in [0.717, 1.165) is 6.08 Å². The van der Waals surface area contributed by atoms with Crippen molar-refractivity contribution < 1.29 is 19.0 Å². The zero-order chi connectivity index (χ0) is 15.2. The van der Waals surface area contributed by atoms with Gasteiger partial charge in [0, 0.05) is 11.6 Å². The molecule has 4 nitrogen and oxygen atoms in total. The lowest BCUT2D eigenvalue weighted by Gasteiger charge is -2.08. The number of carboxylic acid groups (broad SMARTS) is 1. The van der Waals surface area contributed by atoms with Crippen LogP contribution in [-0.4, -0.2) is 16.1 Å². The standard InChI is InChI=1S/C15H11ClFNO3/c16-15-10(2-1-3-13(15)17)9-21-12-6-4-11(18-8-12)5-7-14(19)20/h1-8H,9H2,(H,19,20)/b7-5+. The fourth-order valence-corrected chi connectivity index (χ4v) is 1.73. The molecule has 0 fully saturated rings. The number of carboxylic acids is 1. The van der Waals surface area contributed by atoms with E-state index < -0.39 is 11.8 Å². The first kappa shape index (κ1) is 15.0. The van der Waals surface area contributed by atoms with E-state index in [2.05, 4.69) is 4.98 Å². The van der Waals surface area contributed by atoms with E-state index in [0.29, 0.717) is 17.0 Å². The molecule has 0 spiro atoms. The van der Waals surface area contributed by atoms with Crippen molar-refractivity contribution in [3.63, 3.8) is 0 Å². The third-order valence-corrected chi connectivity index (χ3v) is 3.01. The van der Waals surface area contributed by atoms with Crippen LogP contribution >= 0.6 is 11.6 Å². The number of rotatable bonds is 5. The van der Waals surface area contributed by atoms with Gasteiger partial charge in [-0.05, 0) is 24.3 Å². The number of nitrogens with zero attached hydrogens (tertiary/aromatic N) is 1. The van der Waals surface area contributed by atoms with Crippen molar-refractivity contribution in [1.29, 1.82) is 0 Å². The second-order valence-corrected chi connectivity index (χ2v) is 4.47. The third kappa shape index (κ3) is 4.29. The molecule has 0 atom stereocenters. The zero-order valence-corrected chi connectivity index (χ0v) is 11.5. The van der Waals surface area contributed by atoms with Gasteiger partial charge in [-0.25, -0.2) is 9.18 Å². The average Bonchev–Trinajstić information content (AvgIpc) is 2.48. The number of carbonyl (C=O) groups is 1. The Morgan fingerprint density at radius 1 is 1.38 bits per heavy atom. The SMILES string of the molecule is O=C(O)/C=C/c1ccc(OCc2cccc(F)c2Cl)cn1. The van der Waals surface area contributed by atoms with Gasteiger partial charge in [-0.1, -0.05) is 23.7 Å². The van der Waals surface area contributed by atoms with Gasteiger partial charge in [0.1, 0.15) is 18.2 Å². The molecule has 0 saturated carbocycles. The molecule has 1 aromatic heterocycles. The highest BCUT2D eigenvalue weighted by Gasteiger charge is 2.06. The fraction of sp³-hybridized carbons (Fsp3) is 0.0667. The van der Waals surface area contributed by atoms with E-state index in [1.807, 2.05) is 0 Å². The third-order valence-electron chi connectivity index (χ3n) is 2.58. The van der Waals surface area contributed by atoms with Crippen LogP contribution in [-0.2, 0) is 11.4 Å². The van der Waals surface area contributed by atoms with Gasteiger partial charge in [0.2, 0.25) is 0 Å². The van der Waals surface area contributed by atoms with Gasteiger partial charge < -0.3 is 9.84 Å². The van der Waals surface area contributed by atoms with Gasteiger partial charge in [0.25, 0.3) is 0 Å². The summed E-state index contributed by atoms with van der Waals surface area (Å²) in [6, 6.07) is 7.75. The van der Waals surface area contributed by atoms with Crippen LogP contribution in [0.25, 0.3) is 6.08 Å². The normalized spacial score (nSPS) is 10.8. The molecule has 6 heteroatoms. The summed E-state index contributed by atoms with van der Waals surface area (Å²) in [5.74, 6) is -1.06. The van der Waals surface area contributed by atoms with Crippen molar-refractivity contribution >= 4 is 23.6 Å². The number of aliphatic carboxylic acids is 1. The Bertz CT molecular complexity index is 671. The zero-order valence-electron chi connectivity index (χ0n) is 10.8. The number of aromatic nitrogens is 1. The van der Waals surface area contributed by atoms with E-state index in [4.69, 9.17) is 21.4 Å². The minimum atomic E-state index is -1.04. The molecule has 1 aromatic carbocycles. The van der Waals surface area contributed by atoms with E-state index >= 15 is 0 Å². The van der Waals surface area contributed by atoms with Crippen LogP contribution in [0.5, 0.6) is 5.75 Å². The Labute approximate surface area is 125 Å². The summed E-state index contributed by atoms with van der Waals surface area (Å²) in [7, 11) is 0. The van der Waals surface area contributed by atoms with E-state index in [9.17, 15) is 9.18 Å². The van der Waals surface area contributed by atoms with Crippen molar-refractivity contribution in [2.45, 2.75) is 6.61 Å². The van der Waals surface area contributed by atoms with Gasteiger partial charge in [0.15, 0.2) is 0 Å². The Kier molecular flexibility index (Phi) is 4.90. The summed E-state index contributed by atoms with van der Waals surface area (Å²) in [4.78, 5) is 14.4. The summed E-state index contributed by atoms with van der Waals surface area (Å²) in [5, 5.41) is 8.54. The maximum atomic E-state index is 13.3. The molecule has 108 valence electrons. The monoisotopic (exact) mass is 307 g/mol. The number of ether oxygens (including phenoxy) is 1. The number of hydrogen-bond acceptors (Lipinski definition) is 3. The maximum Gasteiger partial charge on any atom is 0.328 e. The van der Waals surface area contributed by atoms with Crippen LogP contribution in [0.1, 0.15) is 11.3 Å². The first-order chi connectivity index (χ1) is 10.1. The molecular formula is C15H11ClFNO3. The first-order valence-electron chi connectivity index (χ1n) is 5.99. The molecule has 0 saturated heterocycles. The number of halogens is 2. The predicted octanol–water partition coefficient (Wildman–Crippen LogP) is 3.55. The van der Waals surface area contributed by atoms with Crippen molar-refractivity contribution in [2.24, 2.45) is 0 Å². The number of pyridine rings is 1. The van der Waals surface area contributed by atoms with E-state index in [1.54, 1.807) is 24.3 Å². The van der Waals surface area contributed by atoms with Gasteiger partial charge in [-0.15, -0.1) is 0 Å². The molecule has 0 amide bonds. The summed E-state index contributed by atoms with van der Waals surface area (Å²) in [5.41, 5.74) is 1.03. The summed E-state index contributed by atoms with van der Waals surface area (Å²) < 4.78 is 18.7. The molecule has 2 rings (SSSR count). The molecule has 2 aromatic rings. The van der Waals surface area contributed by atoms with E-state index in [-0.39, 0.29) is 11.6 Å². The maximum absolute atomic E-state index is 13.3. The van der Waals surface area contributed by atoms with Crippen molar-refractivity contribution in [1.82, 2.24) is 4.98 Å². The van der Waals surface area contributed by atoms with Gasteiger partial charge >= 0.3 is 5.97 Å². The van der Waals surface area contributed by atoms with Crippen molar-refractivity contribution in [2.75, 3.05) is 0 Å². The molecule has 0 aliphatic rings. The minimum absolute atomic E-state index is 0.0338. The predicted molar refractivity (Wildman–Crippen MR) is 76.6 cm³/mol. The molecule has 1 heterocycles. The quantitative estimate of drug-likeness (QED) is 0.858. The molecule has 0 bridgehead atoms. The second-order valence-electron chi connectivity index (χ2n) is 4.09. The molecule has 0 radical (unpaired) electrons. The molecule has 0 aliphatic heterocycles. The largest absolute Gasteiger partial charge is 0.487 e. The highest BCUT2D eigenvalue weighted by Crippen LogP contribution is 2.21. The summed E-state index contributed by atoms with van der Waals surface area (Å²) in [6.07, 6.45) is 3.82. The Morgan fingerprint density at radius 2 is 2.19 bits per heavy atom. The lowest BCUT2D eigenvalue weighted by Crippen LogP contribution is -1.98. The Balaban J connectivity index is 2.01. The van der Waals surface area contributed by atoms with Gasteiger partial charge in [-0.2, -0.15) is 0 Å². The first-order valence-corrected chi connectivity index (χ1v) is 6.37. The van der Waals surface area contributed by atoms with Gasteiger partial charge in [-0.3, -0.25) is 4.98 Å².